The summed E-state index contributed by atoms with van der Waals surface area (Å²) in [5, 5.41) is 0. The van der Waals surface area contributed by atoms with E-state index in [0.29, 0.717) is 35.5 Å². The molecule has 2 nitrogen and oxygen atoms in total. The Balaban J connectivity index is 1.19. The van der Waals surface area contributed by atoms with Gasteiger partial charge in [-0.05, 0) is 97.1 Å². The summed E-state index contributed by atoms with van der Waals surface area (Å²) in [6, 6.07) is 27.8. The summed E-state index contributed by atoms with van der Waals surface area (Å²) >= 11 is 4.92. The molecule has 0 fully saturated rings. The Kier molecular flexibility index (Phi) is 9.99. The zero-order valence-corrected chi connectivity index (χ0v) is 22.3. The number of thioether (sulfide) groups is 2. The molecule has 188 valence electrons. The molecule has 37 heavy (non-hydrogen) atoms. The maximum atomic E-state index is 13.0. The van der Waals surface area contributed by atoms with Crippen molar-refractivity contribution in [2.75, 3.05) is 11.5 Å². The third-order valence-corrected chi connectivity index (χ3v) is 8.45. The van der Waals surface area contributed by atoms with Crippen molar-refractivity contribution in [2.45, 2.75) is 32.4 Å². The second kappa shape index (κ2) is 13.6. The Labute approximate surface area is 228 Å². The van der Waals surface area contributed by atoms with E-state index >= 15 is 0 Å². The highest BCUT2D eigenvalue weighted by molar-refractivity contribution is 8.00. The highest BCUT2D eigenvalue weighted by Gasteiger charge is 2.08. The van der Waals surface area contributed by atoms with Crippen LogP contribution in [-0.4, -0.2) is 23.1 Å². The maximum Gasteiger partial charge on any atom is 0.163 e. The van der Waals surface area contributed by atoms with Crippen molar-refractivity contribution in [3.8, 4) is 0 Å². The lowest BCUT2D eigenvalue weighted by molar-refractivity contribution is 0.0981. The molecule has 0 amide bonds. The Morgan fingerprint density at radius 3 is 1.16 bits per heavy atom. The minimum atomic E-state index is -0.341. The van der Waals surface area contributed by atoms with Crippen LogP contribution in [0, 0.1) is 11.6 Å². The van der Waals surface area contributed by atoms with E-state index in [1.165, 1.54) is 48.5 Å². The number of benzene rings is 4. The van der Waals surface area contributed by atoms with Crippen molar-refractivity contribution in [1.29, 1.82) is 0 Å². The fraction of sp³-hybridized carbons (Fsp3) is 0.133. The highest BCUT2D eigenvalue weighted by atomic mass is 32.2. The SMILES string of the molecule is O=C(CCSc1ccc(Sc2ccc(SCCC(=O)c3ccc(F)cc3)cc2)cc1)c1ccc(F)cc1. The van der Waals surface area contributed by atoms with Crippen molar-refractivity contribution < 1.29 is 18.4 Å². The summed E-state index contributed by atoms with van der Waals surface area (Å²) in [7, 11) is 0. The monoisotopic (exact) mass is 550 g/mol. The fourth-order valence-electron chi connectivity index (χ4n) is 3.43. The second-order valence-electron chi connectivity index (χ2n) is 8.10. The Hall–Kier alpha value is -2.87. The predicted molar refractivity (Wildman–Crippen MR) is 149 cm³/mol. The number of Topliss-reactive ketones (excluding diaryl/α,β-unsaturated/α-hetero) is 2. The molecular weight excluding hydrogens is 527 g/mol. The van der Waals surface area contributed by atoms with Crippen LogP contribution >= 0.6 is 35.3 Å². The zero-order valence-electron chi connectivity index (χ0n) is 19.9. The summed E-state index contributed by atoms with van der Waals surface area (Å²) in [6.07, 6.45) is 0.801. The van der Waals surface area contributed by atoms with Crippen molar-refractivity contribution in [3.63, 3.8) is 0 Å². The first kappa shape index (κ1) is 27.2. The van der Waals surface area contributed by atoms with Crippen molar-refractivity contribution >= 4 is 46.9 Å². The Morgan fingerprint density at radius 1 is 0.486 bits per heavy atom. The summed E-state index contributed by atoms with van der Waals surface area (Å²) in [4.78, 5) is 28.9. The van der Waals surface area contributed by atoms with Gasteiger partial charge in [-0.15, -0.1) is 23.5 Å². The molecular formula is C30H24F2O2S3. The summed E-state index contributed by atoms with van der Waals surface area (Å²) < 4.78 is 26.0. The molecule has 0 heterocycles. The normalized spacial score (nSPS) is 10.9. The van der Waals surface area contributed by atoms with Crippen LogP contribution in [0.1, 0.15) is 33.6 Å². The van der Waals surface area contributed by atoms with Gasteiger partial charge >= 0.3 is 0 Å². The molecule has 0 N–H and O–H groups in total. The van der Waals surface area contributed by atoms with Gasteiger partial charge in [0.2, 0.25) is 0 Å². The molecule has 4 rings (SSSR count). The number of hydrogen-bond acceptors (Lipinski definition) is 5. The van der Waals surface area contributed by atoms with Crippen LogP contribution in [0.5, 0.6) is 0 Å². The lowest BCUT2D eigenvalue weighted by atomic mass is 10.1. The number of hydrogen-bond donors (Lipinski definition) is 0. The molecule has 4 aromatic rings. The Morgan fingerprint density at radius 2 is 0.811 bits per heavy atom. The molecule has 7 heteroatoms. The van der Waals surface area contributed by atoms with Crippen molar-refractivity contribution in [1.82, 2.24) is 0 Å². The quantitative estimate of drug-likeness (QED) is 0.130. The molecule has 0 aliphatic heterocycles. The third-order valence-electron chi connectivity index (χ3n) is 5.41. The average molecular weight is 551 g/mol. The molecule has 0 aliphatic rings. The number of rotatable bonds is 12. The van der Waals surface area contributed by atoms with Gasteiger partial charge in [0, 0.05) is 55.1 Å². The predicted octanol–water partition coefficient (Wildman–Crippen LogP) is 8.85. The van der Waals surface area contributed by atoms with Crippen LogP contribution < -0.4 is 0 Å². The summed E-state index contributed by atoms with van der Waals surface area (Å²) in [5.74, 6) is 0.675. The summed E-state index contributed by atoms with van der Waals surface area (Å²) in [5.41, 5.74) is 1.08. The van der Waals surface area contributed by atoms with Crippen LogP contribution in [-0.2, 0) is 0 Å². The van der Waals surface area contributed by atoms with Crippen molar-refractivity contribution in [2.24, 2.45) is 0 Å². The minimum Gasteiger partial charge on any atom is -0.294 e. The van der Waals surface area contributed by atoms with Gasteiger partial charge in [0.05, 0.1) is 0 Å². The highest BCUT2D eigenvalue weighted by Crippen LogP contribution is 2.31. The molecule has 0 bridgehead atoms. The number of carbonyl (C=O) groups is 2. The van der Waals surface area contributed by atoms with Crippen LogP contribution in [0.3, 0.4) is 0 Å². The van der Waals surface area contributed by atoms with Gasteiger partial charge in [0.25, 0.3) is 0 Å². The average Bonchev–Trinajstić information content (AvgIpc) is 2.91. The van der Waals surface area contributed by atoms with Crippen LogP contribution in [0.15, 0.2) is 117 Å². The lowest BCUT2D eigenvalue weighted by Crippen LogP contribution is -2.00. The first-order valence-corrected chi connectivity index (χ1v) is 14.5. The maximum absolute atomic E-state index is 13.0. The van der Waals surface area contributed by atoms with Gasteiger partial charge in [0.1, 0.15) is 11.6 Å². The largest absolute Gasteiger partial charge is 0.294 e. The van der Waals surface area contributed by atoms with Crippen LogP contribution in [0.2, 0.25) is 0 Å². The lowest BCUT2D eigenvalue weighted by Gasteiger charge is -2.06. The third kappa shape index (κ3) is 8.59. The topological polar surface area (TPSA) is 34.1 Å². The van der Waals surface area contributed by atoms with E-state index in [-0.39, 0.29) is 23.2 Å². The molecule has 0 radical (unpaired) electrons. The van der Waals surface area contributed by atoms with E-state index < -0.39 is 0 Å². The Bertz CT molecular complexity index is 1220. The smallest absolute Gasteiger partial charge is 0.163 e. The van der Waals surface area contributed by atoms with Crippen molar-refractivity contribution in [3.05, 3.63) is 120 Å². The van der Waals surface area contributed by atoms with Gasteiger partial charge in [-0.2, -0.15) is 0 Å². The molecule has 0 unspecified atom stereocenters. The van der Waals surface area contributed by atoms with E-state index in [4.69, 9.17) is 0 Å². The first-order chi connectivity index (χ1) is 18.0. The molecule has 0 aromatic heterocycles. The van der Waals surface area contributed by atoms with E-state index in [9.17, 15) is 18.4 Å². The van der Waals surface area contributed by atoms with E-state index in [2.05, 4.69) is 48.5 Å². The van der Waals surface area contributed by atoms with Gasteiger partial charge in [0.15, 0.2) is 11.6 Å². The van der Waals surface area contributed by atoms with E-state index in [1.807, 2.05) is 0 Å². The van der Waals surface area contributed by atoms with Gasteiger partial charge in [-0.1, -0.05) is 11.8 Å². The number of ketones is 2. The summed E-state index contributed by atoms with van der Waals surface area (Å²) in [6.45, 7) is 0. The van der Waals surface area contributed by atoms with E-state index in [1.54, 1.807) is 35.3 Å². The molecule has 0 saturated heterocycles. The van der Waals surface area contributed by atoms with Crippen LogP contribution in [0.4, 0.5) is 8.78 Å². The van der Waals surface area contributed by atoms with Gasteiger partial charge < -0.3 is 0 Å². The standard InChI is InChI=1S/C30H24F2O2S3/c31-23-5-1-21(2-6-23)29(33)17-19-35-25-9-13-27(14-10-25)37-28-15-11-26(12-16-28)36-20-18-30(34)22-3-7-24(32)8-4-22/h1-16H,17-20H2. The number of halogens is 2. The minimum absolute atomic E-state index is 0.0146. The molecule has 4 aromatic carbocycles. The molecule has 0 saturated carbocycles. The number of carbonyl (C=O) groups excluding carboxylic acids is 2. The van der Waals surface area contributed by atoms with Crippen LogP contribution in [0.25, 0.3) is 0 Å². The van der Waals surface area contributed by atoms with Gasteiger partial charge in [-0.3, -0.25) is 9.59 Å². The zero-order chi connectivity index (χ0) is 26.0. The molecule has 0 spiro atoms. The molecule has 0 atom stereocenters. The molecule has 0 aliphatic carbocycles. The van der Waals surface area contributed by atoms with E-state index in [0.717, 1.165) is 19.6 Å². The first-order valence-electron chi connectivity index (χ1n) is 11.7. The van der Waals surface area contributed by atoms with Gasteiger partial charge in [-0.25, -0.2) is 8.78 Å². The second-order valence-corrected chi connectivity index (χ2v) is 11.6. The fourth-order valence-corrected chi connectivity index (χ4v) is 5.95.